The van der Waals surface area contributed by atoms with Crippen LogP contribution in [0, 0.1) is 31.1 Å². The molecule has 0 fully saturated rings. The van der Waals surface area contributed by atoms with Crippen molar-refractivity contribution < 1.29 is 9.53 Å². The van der Waals surface area contributed by atoms with E-state index in [0.29, 0.717) is 12.5 Å². The van der Waals surface area contributed by atoms with Gasteiger partial charge in [-0.25, -0.2) is 0 Å². The van der Waals surface area contributed by atoms with E-state index in [1.807, 2.05) is 50.2 Å². The van der Waals surface area contributed by atoms with Gasteiger partial charge in [0.15, 0.2) is 0 Å². The van der Waals surface area contributed by atoms with Crippen LogP contribution in [-0.2, 0) is 17.9 Å². The molecule has 1 aromatic carbocycles. The number of nitrogens with one attached hydrogen (secondary N) is 1. The Balaban J connectivity index is 2.13. The molecule has 1 heterocycles. The number of hydrogen-bond acceptors (Lipinski definition) is 3. The number of carbonyl (C=O) groups is 1. The fraction of sp³-hybridized carbons (Fsp3) is 0.364. The van der Waals surface area contributed by atoms with Crippen LogP contribution in [-0.4, -0.2) is 17.6 Å². The van der Waals surface area contributed by atoms with Gasteiger partial charge in [0.25, 0.3) is 5.91 Å². The minimum atomic E-state index is -0.373. The highest BCUT2D eigenvalue weighted by Crippen LogP contribution is 2.20. The van der Waals surface area contributed by atoms with Crippen molar-refractivity contribution in [3.8, 4) is 11.8 Å². The molecule has 0 radical (unpaired) electrons. The molecule has 5 nitrogen and oxygen atoms in total. The maximum atomic E-state index is 12.4. The van der Waals surface area contributed by atoms with Crippen LogP contribution < -0.4 is 10.1 Å². The monoisotopic (exact) mass is 365 g/mol. The van der Waals surface area contributed by atoms with E-state index >= 15 is 0 Å². The maximum Gasteiger partial charge on any atom is 0.262 e. The smallest absolute Gasteiger partial charge is 0.262 e. The van der Waals surface area contributed by atoms with E-state index in [4.69, 9.17) is 4.74 Å². The Morgan fingerprint density at radius 1 is 1.30 bits per heavy atom. The quantitative estimate of drug-likeness (QED) is 0.596. The molecular formula is C22H27N3O2. The van der Waals surface area contributed by atoms with Crippen molar-refractivity contribution in [2.24, 2.45) is 5.92 Å². The summed E-state index contributed by atoms with van der Waals surface area (Å²) in [5.41, 5.74) is 4.15. The number of methoxy groups -OCH3 is 1. The lowest BCUT2D eigenvalue weighted by atomic mass is 10.1. The molecule has 1 N–H and O–H groups in total. The number of aryl methyl sites for hydroxylation is 1. The van der Waals surface area contributed by atoms with Crippen LogP contribution in [0.5, 0.6) is 5.75 Å². The number of carbonyl (C=O) groups excluding carboxylic acids is 1. The zero-order chi connectivity index (χ0) is 20.0. The number of rotatable bonds is 7. The molecule has 0 unspecified atom stereocenters. The van der Waals surface area contributed by atoms with E-state index in [-0.39, 0.29) is 11.5 Å². The van der Waals surface area contributed by atoms with E-state index in [9.17, 15) is 10.1 Å². The van der Waals surface area contributed by atoms with Gasteiger partial charge in [0, 0.05) is 24.5 Å². The van der Waals surface area contributed by atoms with Gasteiger partial charge in [0.1, 0.15) is 17.4 Å². The van der Waals surface area contributed by atoms with E-state index in [0.717, 1.165) is 34.8 Å². The number of aromatic nitrogens is 1. The highest BCUT2D eigenvalue weighted by atomic mass is 16.5. The number of nitrogens with zero attached hydrogens (tertiary/aromatic N) is 2. The van der Waals surface area contributed by atoms with Crippen LogP contribution in [0.4, 0.5) is 0 Å². The molecule has 0 atom stereocenters. The van der Waals surface area contributed by atoms with E-state index in [1.165, 1.54) is 0 Å². The molecule has 0 aliphatic rings. The molecule has 2 rings (SSSR count). The molecule has 5 heteroatoms. The molecule has 1 aromatic heterocycles. The summed E-state index contributed by atoms with van der Waals surface area (Å²) >= 11 is 0. The van der Waals surface area contributed by atoms with Crippen molar-refractivity contribution in [3.05, 3.63) is 58.4 Å². The Bertz CT molecular complexity index is 868. The standard InChI is InChI=1S/C22H27N3O2/c1-15(2)14-25-16(3)10-19(17(25)4)11-20(12-23)22(26)24-13-18-6-8-21(27-5)9-7-18/h6-11,15H,13-14H2,1-5H3,(H,24,26)/b20-11+. The highest BCUT2D eigenvalue weighted by Gasteiger charge is 2.13. The van der Waals surface area contributed by atoms with Crippen LogP contribution in [0.15, 0.2) is 35.9 Å². The van der Waals surface area contributed by atoms with Crippen molar-refractivity contribution in [1.29, 1.82) is 5.26 Å². The first-order valence-corrected chi connectivity index (χ1v) is 9.05. The van der Waals surface area contributed by atoms with Gasteiger partial charge in [-0.2, -0.15) is 5.26 Å². The van der Waals surface area contributed by atoms with Crippen LogP contribution in [0.2, 0.25) is 0 Å². The van der Waals surface area contributed by atoms with Crippen molar-refractivity contribution in [2.45, 2.75) is 40.8 Å². The summed E-state index contributed by atoms with van der Waals surface area (Å²) in [6.07, 6.45) is 1.67. The number of hydrogen-bond donors (Lipinski definition) is 1. The Labute approximate surface area is 161 Å². The lowest BCUT2D eigenvalue weighted by Crippen LogP contribution is -2.23. The van der Waals surface area contributed by atoms with Gasteiger partial charge in [0.2, 0.25) is 0 Å². The minimum absolute atomic E-state index is 0.105. The molecular weight excluding hydrogens is 338 g/mol. The van der Waals surface area contributed by atoms with E-state index < -0.39 is 0 Å². The normalized spacial score (nSPS) is 11.4. The molecule has 27 heavy (non-hydrogen) atoms. The summed E-state index contributed by atoms with van der Waals surface area (Å²) in [7, 11) is 1.61. The lowest BCUT2D eigenvalue weighted by molar-refractivity contribution is -0.117. The average molecular weight is 365 g/mol. The SMILES string of the molecule is COc1ccc(CNC(=O)/C(C#N)=C/c2cc(C)n(CC(C)C)c2C)cc1. The predicted octanol–water partition coefficient (Wildman–Crippen LogP) is 3.99. The third-order valence-corrected chi connectivity index (χ3v) is 4.44. The number of amides is 1. The maximum absolute atomic E-state index is 12.4. The highest BCUT2D eigenvalue weighted by molar-refractivity contribution is 6.01. The van der Waals surface area contributed by atoms with Crippen molar-refractivity contribution in [1.82, 2.24) is 9.88 Å². The van der Waals surface area contributed by atoms with Crippen molar-refractivity contribution in [3.63, 3.8) is 0 Å². The molecule has 1 amide bonds. The second-order valence-electron chi connectivity index (χ2n) is 7.03. The second-order valence-corrected chi connectivity index (χ2v) is 7.03. The van der Waals surface area contributed by atoms with Crippen LogP contribution >= 0.6 is 0 Å². The van der Waals surface area contributed by atoms with Crippen LogP contribution in [0.1, 0.15) is 36.4 Å². The molecule has 0 spiro atoms. The lowest BCUT2D eigenvalue weighted by Gasteiger charge is -2.12. The van der Waals surface area contributed by atoms with Gasteiger partial charge in [-0.05, 0) is 55.2 Å². The fourth-order valence-electron chi connectivity index (χ4n) is 2.95. The van der Waals surface area contributed by atoms with Gasteiger partial charge in [0.05, 0.1) is 7.11 Å². The number of ether oxygens (including phenoxy) is 1. The summed E-state index contributed by atoms with van der Waals surface area (Å²) in [5, 5.41) is 12.2. The Morgan fingerprint density at radius 2 is 1.96 bits per heavy atom. The first-order valence-electron chi connectivity index (χ1n) is 9.05. The van der Waals surface area contributed by atoms with Gasteiger partial charge in [-0.1, -0.05) is 26.0 Å². The predicted molar refractivity (Wildman–Crippen MR) is 107 cm³/mol. The van der Waals surface area contributed by atoms with E-state index in [2.05, 4.69) is 23.7 Å². The summed E-state index contributed by atoms with van der Waals surface area (Å²) in [6, 6.07) is 11.5. The van der Waals surface area contributed by atoms with Gasteiger partial charge in [-0.15, -0.1) is 0 Å². The first-order chi connectivity index (χ1) is 12.8. The molecule has 0 saturated carbocycles. The molecule has 0 aliphatic carbocycles. The topological polar surface area (TPSA) is 67.0 Å². The zero-order valence-electron chi connectivity index (χ0n) is 16.7. The molecule has 0 bridgehead atoms. The first kappa shape index (κ1) is 20.3. The largest absolute Gasteiger partial charge is 0.497 e. The summed E-state index contributed by atoms with van der Waals surface area (Å²) in [6.45, 7) is 9.67. The van der Waals surface area contributed by atoms with Crippen LogP contribution in [0.25, 0.3) is 6.08 Å². The number of benzene rings is 1. The third kappa shape index (κ3) is 5.24. The summed E-state index contributed by atoms with van der Waals surface area (Å²) in [5.74, 6) is 0.913. The molecule has 0 saturated heterocycles. The number of nitriles is 1. The summed E-state index contributed by atoms with van der Waals surface area (Å²) < 4.78 is 7.34. The second kappa shape index (κ2) is 9.09. The fourth-order valence-corrected chi connectivity index (χ4v) is 2.95. The Kier molecular flexibility index (Phi) is 6.84. The van der Waals surface area contributed by atoms with E-state index in [1.54, 1.807) is 13.2 Å². The summed E-state index contributed by atoms with van der Waals surface area (Å²) in [4.78, 5) is 12.4. The third-order valence-electron chi connectivity index (χ3n) is 4.44. The minimum Gasteiger partial charge on any atom is -0.497 e. The molecule has 2 aromatic rings. The zero-order valence-corrected chi connectivity index (χ0v) is 16.7. The molecule has 0 aliphatic heterocycles. The van der Waals surface area contributed by atoms with Gasteiger partial charge >= 0.3 is 0 Å². The van der Waals surface area contributed by atoms with Crippen molar-refractivity contribution in [2.75, 3.05) is 7.11 Å². The van der Waals surface area contributed by atoms with Gasteiger partial charge < -0.3 is 14.6 Å². The Morgan fingerprint density at radius 3 is 2.52 bits per heavy atom. The molecule has 142 valence electrons. The van der Waals surface area contributed by atoms with Crippen LogP contribution in [0.3, 0.4) is 0 Å². The van der Waals surface area contributed by atoms with Crippen molar-refractivity contribution >= 4 is 12.0 Å². The Hall–Kier alpha value is -3.00. The van der Waals surface area contributed by atoms with Gasteiger partial charge in [-0.3, -0.25) is 4.79 Å². The average Bonchev–Trinajstić information content (AvgIpc) is 2.91.